The number of aliphatic hydroxyl groups is 1. The molecule has 0 amide bonds. The first-order valence-electron chi connectivity index (χ1n) is 4.21. The maximum Gasteiger partial charge on any atom is 0.160 e. The lowest BCUT2D eigenvalue weighted by Gasteiger charge is -2.35. The topological polar surface area (TPSA) is 40.5 Å². The lowest BCUT2D eigenvalue weighted by molar-refractivity contribution is -0.00280. The number of rotatable bonds is 3. The van der Waals surface area contributed by atoms with Gasteiger partial charge in [0.1, 0.15) is 0 Å². The summed E-state index contributed by atoms with van der Waals surface area (Å²) in [5.74, 6) is 0. The van der Waals surface area contributed by atoms with Crippen LogP contribution < -0.4 is 0 Å². The molecule has 0 bridgehead atoms. The van der Waals surface area contributed by atoms with Crippen LogP contribution in [0.2, 0.25) is 0 Å². The van der Waals surface area contributed by atoms with E-state index in [1.54, 1.807) is 0 Å². The number of hydrogen-bond donors (Lipinski definition) is 1. The van der Waals surface area contributed by atoms with Crippen molar-refractivity contribution in [3.8, 4) is 0 Å². The molecule has 3 nitrogen and oxygen atoms in total. The third kappa shape index (κ3) is 1.96. The standard InChI is InChI=1S/C9H11NO2S/c11-5-9-1-7(6-13-9)2-10-3-8(12)4-10/h1,5-6,8,12H,2-4H2. The molecule has 0 atom stereocenters. The van der Waals surface area contributed by atoms with E-state index in [0.29, 0.717) is 0 Å². The zero-order valence-electron chi connectivity index (χ0n) is 7.14. The predicted octanol–water partition coefficient (Wildman–Crippen LogP) is 0.737. The summed E-state index contributed by atoms with van der Waals surface area (Å²) >= 11 is 1.47. The van der Waals surface area contributed by atoms with E-state index in [1.807, 2.05) is 11.4 Å². The quantitative estimate of drug-likeness (QED) is 0.726. The van der Waals surface area contributed by atoms with Crippen LogP contribution in [0.15, 0.2) is 11.4 Å². The van der Waals surface area contributed by atoms with Gasteiger partial charge in [-0.15, -0.1) is 11.3 Å². The molecule has 2 heterocycles. The zero-order valence-corrected chi connectivity index (χ0v) is 7.96. The van der Waals surface area contributed by atoms with Crippen LogP contribution in [0.3, 0.4) is 0 Å². The van der Waals surface area contributed by atoms with Gasteiger partial charge in [0.2, 0.25) is 0 Å². The summed E-state index contributed by atoms with van der Waals surface area (Å²) < 4.78 is 0. The summed E-state index contributed by atoms with van der Waals surface area (Å²) in [6.45, 7) is 2.36. The molecule has 1 aromatic rings. The number of hydrogen-bond acceptors (Lipinski definition) is 4. The van der Waals surface area contributed by atoms with Crippen LogP contribution in [0, 0.1) is 0 Å². The molecule has 1 aliphatic heterocycles. The van der Waals surface area contributed by atoms with E-state index in [-0.39, 0.29) is 6.10 Å². The molecule has 1 fully saturated rings. The van der Waals surface area contributed by atoms with Gasteiger partial charge in [-0.1, -0.05) is 0 Å². The number of carbonyl (C=O) groups excluding carboxylic acids is 1. The smallest absolute Gasteiger partial charge is 0.160 e. The largest absolute Gasteiger partial charge is 0.390 e. The van der Waals surface area contributed by atoms with Crippen molar-refractivity contribution < 1.29 is 9.90 Å². The fourth-order valence-corrected chi connectivity index (χ4v) is 2.17. The molecule has 0 aliphatic carbocycles. The van der Waals surface area contributed by atoms with E-state index in [1.165, 1.54) is 16.9 Å². The Morgan fingerprint density at radius 1 is 1.69 bits per heavy atom. The highest BCUT2D eigenvalue weighted by atomic mass is 32.1. The number of carbonyl (C=O) groups is 1. The van der Waals surface area contributed by atoms with Gasteiger partial charge >= 0.3 is 0 Å². The SMILES string of the molecule is O=Cc1cc(CN2CC(O)C2)cs1. The summed E-state index contributed by atoms with van der Waals surface area (Å²) in [4.78, 5) is 13.3. The van der Waals surface area contributed by atoms with Crippen LogP contribution in [-0.4, -0.2) is 35.5 Å². The lowest BCUT2D eigenvalue weighted by atomic mass is 10.1. The summed E-state index contributed by atoms with van der Waals surface area (Å²) in [7, 11) is 0. The minimum Gasteiger partial charge on any atom is -0.390 e. The molecule has 2 rings (SSSR count). The van der Waals surface area contributed by atoms with Gasteiger partial charge in [-0.25, -0.2) is 0 Å². The molecule has 13 heavy (non-hydrogen) atoms. The van der Waals surface area contributed by atoms with Crippen LogP contribution >= 0.6 is 11.3 Å². The van der Waals surface area contributed by atoms with Gasteiger partial charge in [0.15, 0.2) is 6.29 Å². The molecule has 4 heteroatoms. The molecular weight excluding hydrogens is 186 g/mol. The van der Waals surface area contributed by atoms with Crippen LogP contribution in [-0.2, 0) is 6.54 Å². The third-order valence-corrected chi connectivity index (χ3v) is 3.04. The second-order valence-corrected chi connectivity index (χ2v) is 4.27. The van der Waals surface area contributed by atoms with Crippen molar-refractivity contribution in [3.63, 3.8) is 0 Å². The Balaban J connectivity index is 1.91. The van der Waals surface area contributed by atoms with Gasteiger partial charge in [0.25, 0.3) is 0 Å². The maximum atomic E-state index is 10.4. The molecule has 0 radical (unpaired) electrons. The molecule has 1 saturated heterocycles. The fraction of sp³-hybridized carbons (Fsp3) is 0.444. The first-order chi connectivity index (χ1) is 6.28. The molecular formula is C9H11NO2S. The van der Waals surface area contributed by atoms with Gasteiger partial charge < -0.3 is 5.11 Å². The van der Waals surface area contributed by atoms with Gasteiger partial charge in [-0.05, 0) is 17.0 Å². The molecule has 0 spiro atoms. The van der Waals surface area contributed by atoms with Crippen LogP contribution in [0.5, 0.6) is 0 Å². The molecule has 1 aliphatic rings. The van der Waals surface area contributed by atoms with E-state index in [4.69, 9.17) is 5.11 Å². The average molecular weight is 197 g/mol. The zero-order chi connectivity index (χ0) is 9.26. The molecule has 70 valence electrons. The maximum absolute atomic E-state index is 10.4. The first-order valence-corrected chi connectivity index (χ1v) is 5.09. The highest BCUT2D eigenvalue weighted by molar-refractivity contribution is 7.11. The average Bonchev–Trinajstić information content (AvgIpc) is 2.50. The second kappa shape index (κ2) is 3.57. The minimum atomic E-state index is -0.149. The summed E-state index contributed by atoms with van der Waals surface area (Å²) in [5.41, 5.74) is 1.17. The van der Waals surface area contributed by atoms with Crippen molar-refractivity contribution in [2.75, 3.05) is 13.1 Å². The van der Waals surface area contributed by atoms with Crippen LogP contribution in [0.25, 0.3) is 0 Å². The van der Waals surface area contributed by atoms with Gasteiger partial charge in [0, 0.05) is 19.6 Å². The van der Waals surface area contributed by atoms with E-state index in [0.717, 1.165) is 30.8 Å². The Labute approximate surface area is 80.6 Å². The van der Waals surface area contributed by atoms with E-state index in [9.17, 15) is 4.79 Å². The van der Waals surface area contributed by atoms with Crippen molar-refractivity contribution in [2.45, 2.75) is 12.6 Å². The number of thiophene rings is 1. The van der Waals surface area contributed by atoms with Crippen molar-refractivity contribution in [2.24, 2.45) is 0 Å². The number of nitrogens with zero attached hydrogens (tertiary/aromatic N) is 1. The summed E-state index contributed by atoms with van der Waals surface area (Å²) in [6.07, 6.45) is 0.725. The van der Waals surface area contributed by atoms with Crippen molar-refractivity contribution in [1.29, 1.82) is 0 Å². The van der Waals surface area contributed by atoms with Crippen molar-refractivity contribution in [3.05, 3.63) is 21.9 Å². The van der Waals surface area contributed by atoms with Crippen LogP contribution in [0.4, 0.5) is 0 Å². The monoisotopic (exact) mass is 197 g/mol. The highest BCUT2D eigenvalue weighted by Gasteiger charge is 2.23. The molecule has 0 unspecified atom stereocenters. The van der Waals surface area contributed by atoms with Gasteiger partial charge in [0.05, 0.1) is 11.0 Å². The number of aliphatic hydroxyl groups excluding tert-OH is 1. The highest BCUT2D eigenvalue weighted by Crippen LogP contribution is 2.17. The van der Waals surface area contributed by atoms with Gasteiger partial charge in [-0.2, -0.15) is 0 Å². The Kier molecular flexibility index (Phi) is 2.44. The Morgan fingerprint density at radius 3 is 3.00 bits per heavy atom. The van der Waals surface area contributed by atoms with Crippen molar-refractivity contribution >= 4 is 17.6 Å². The predicted molar refractivity (Wildman–Crippen MR) is 51.0 cm³/mol. The summed E-state index contributed by atoms with van der Waals surface area (Å²) in [5, 5.41) is 11.0. The molecule has 1 N–H and O–H groups in total. The van der Waals surface area contributed by atoms with Gasteiger partial charge in [-0.3, -0.25) is 9.69 Å². The van der Waals surface area contributed by atoms with E-state index >= 15 is 0 Å². The van der Waals surface area contributed by atoms with E-state index < -0.39 is 0 Å². The number of likely N-dealkylation sites (tertiary alicyclic amines) is 1. The molecule has 1 aromatic heterocycles. The minimum absolute atomic E-state index is 0.149. The Hall–Kier alpha value is -0.710. The number of β-amino-alcohol motifs (C(OH)–C–C–N with tert-alkyl or cyclic N) is 1. The first kappa shape index (κ1) is 8.87. The second-order valence-electron chi connectivity index (χ2n) is 3.32. The lowest BCUT2D eigenvalue weighted by Crippen LogP contribution is -2.49. The van der Waals surface area contributed by atoms with E-state index in [2.05, 4.69) is 4.90 Å². The molecule has 0 aromatic carbocycles. The Bertz CT molecular complexity index is 304. The number of aldehydes is 1. The molecule has 0 saturated carbocycles. The Morgan fingerprint density at radius 2 is 2.46 bits per heavy atom. The van der Waals surface area contributed by atoms with Crippen molar-refractivity contribution in [1.82, 2.24) is 4.90 Å². The fourth-order valence-electron chi connectivity index (χ4n) is 1.47. The normalized spacial score (nSPS) is 18.5. The summed E-state index contributed by atoms with van der Waals surface area (Å²) in [6, 6.07) is 1.91. The third-order valence-electron chi connectivity index (χ3n) is 2.13. The van der Waals surface area contributed by atoms with Crippen LogP contribution in [0.1, 0.15) is 15.2 Å².